The van der Waals surface area contributed by atoms with Gasteiger partial charge in [0.25, 0.3) is 5.09 Å². The standard InChI is InChI=1S/C31H46N2O8/c1-2-32-30(36)16-10-4-3-9-15-26-27(21-20-25(34)19-18-24-13-7-5-8-14-24)29(23-28(26)35)41-31(37)17-11-6-12-22-40-33(38)39/h3,5,7-9,13-14,20-21,25-29,34-35H,2,4,6,10-12,15-19,22-23H2,1H3,(H,32,36)/b9-3-,21-20+. The Hall–Kier alpha value is -3.24. The number of benzene rings is 1. The third-order valence-corrected chi connectivity index (χ3v) is 7.25. The van der Waals surface area contributed by atoms with Gasteiger partial charge in [0, 0.05) is 31.7 Å². The minimum atomic E-state index is -0.830. The van der Waals surface area contributed by atoms with Crippen LogP contribution in [0.1, 0.15) is 76.7 Å². The number of amides is 1. The number of aliphatic hydroxyl groups is 2. The molecular weight excluding hydrogens is 528 g/mol. The normalized spacial score (nSPS) is 21.2. The first-order valence-corrected chi connectivity index (χ1v) is 14.8. The molecule has 5 unspecified atom stereocenters. The maximum atomic E-state index is 12.6. The molecule has 1 aromatic rings. The van der Waals surface area contributed by atoms with Crippen LogP contribution in [-0.2, 0) is 25.6 Å². The van der Waals surface area contributed by atoms with Crippen LogP contribution in [0.3, 0.4) is 0 Å². The number of aryl methyl sites for hydroxylation is 1. The molecule has 0 radical (unpaired) electrons. The molecule has 2 rings (SSSR count). The van der Waals surface area contributed by atoms with Crippen molar-refractivity contribution >= 4 is 11.9 Å². The molecule has 1 fully saturated rings. The van der Waals surface area contributed by atoms with E-state index in [0.29, 0.717) is 51.5 Å². The van der Waals surface area contributed by atoms with Crippen LogP contribution >= 0.6 is 0 Å². The number of unbranched alkanes of at least 4 members (excludes halogenated alkanes) is 3. The molecular formula is C31H46N2O8. The first-order chi connectivity index (χ1) is 19.8. The second kappa shape index (κ2) is 19.8. The number of carbonyl (C=O) groups is 2. The molecule has 0 spiro atoms. The van der Waals surface area contributed by atoms with Gasteiger partial charge in [0.15, 0.2) is 0 Å². The molecule has 1 aliphatic carbocycles. The van der Waals surface area contributed by atoms with Crippen molar-refractivity contribution in [1.82, 2.24) is 5.32 Å². The van der Waals surface area contributed by atoms with Gasteiger partial charge in [-0.3, -0.25) is 9.59 Å². The Morgan fingerprint density at radius 1 is 1.15 bits per heavy atom. The smallest absolute Gasteiger partial charge is 0.306 e. The van der Waals surface area contributed by atoms with Crippen molar-refractivity contribution in [3.8, 4) is 0 Å². The number of rotatable bonds is 20. The van der Waals surface area contributed by atoms with Crippen LogP contribution in [0.5, 0.6) is 0 Å². The molecule has 0 saturated heterocycles. The number of allylic oxidation sites excluding steroid dienone is 2. The van der Waals surface area contributed by atoms with Gasteiger partial charge >= 0.3 is 5.97 Å². The third-order valence-electron chi connectivity index (χ3n) is 7.25. The zero-order valence-electron chi connectivity index (χ0n) is 24.1. The average molecular weight is 575 g/mol. The van der Waals surface area contributed by atoms with Gasteiger partial charge in [0.05, 0.1) is 18.8 Å². The van der Waals surface area contributed by atoms with Crippen molar-refractivity contribution in [2.75, 3.05) is 13.2 Å². The maximum absolute atomic E-state index is 12.6. The van der Waals surface area contributed by atoms with Crippen LogP contribution in [-0.4, -0.2) is 58.6 Å². The van der Waals surface area contributed by atoms with Gasteiger partial charge < -0.3 is 25.1 Å². The third kappa shape index (κ3) is 14.3. The fraction of sp³-hybridized carbons (Fsp3) is 0.613. The zero-order chi connectivity index (χ0) is 29.9. The van der Waals surface area contributed by atoms with Crippen LogP contribution in [0.25, 0.3) is 0 Å². The summed E-state index contributed by atoms with van der Waals surface area (Å²) in [5, 5.41) is 33.7. The molecule has 1 aliphatic rings. The van der Waals surface area contributed by atoms with Crippen molar-refractivity contribution in [2.24, 2.45) is 11.8 Å². The predicted molar refractivity (Wildman–Crippen MR) is 155 cm³/mol. The minimum Gasteiger partial charge on any atom is -0.462 e. The Balaban J connectivity index is 1.93. The van der Waals surface area contributed by atoms with E-state index in [-0.39, 0.29) is 36.7 Å². The van der Waals surface area contributed by atoms with Crippen LogP contribution < -0.4 is 5.32 Å². The lowest BCUT2D eigenvalue weighted by Crippen LogP contribution is -2.25. The summed E-state index contributed by atoms with van der Waals surface area (Å²) in [6, 6.07) is 9.93. The molecule has 0 heterocycles. The van der Waals surface area contributed by atoms with E-state index < -0.39 is 23.4 Å². The van der Waals surface area contributed by atoms with Crippen molar-refractivity contribution < 1.29 is 34.5 Å². The quantitative estimate of drug-likeness (QED) is 0.0679. The number of hydrogen-bond donors (Lipinski definition) is 3. The first-order valence-electron chi connectivity index (χ1n) is 14.8. The molecule has 5 atom stereocenters. The number of nitrogens with one attached hydrogen (secondary N) is 1. The van der Waals surface area contributed by atoms with Crippen molar-refractivity contribution in [3.05, 3.63) is 70.3 Å². The van der Waals surface area contributed by atoms with Crippen LogP contribution in [0.15, 0.2) is 54.6 Å². The molecule has 3 N–H and O–H groups in total. The summed E-state index contributed by atoms with van der Waals surface area (Å²) in [4.78, 5) is 38.7. The lowest BCUT2D eigenvalue weighted by molar-refractivity contribution is -0.757. The molecule has 10 nitrogen and oxygen atoms in total. The highest BCUT2D eigenvalue weighted by Crippen LogP contribution is 2.38. The summed E-state index contributed by atoms with van der Waals surface area (Å²) < 4.78 is 5.79. The van der Waals surface area contributed by atoms with Crippen molar-refractivity contribution in [3.63, 3.8) is 0 Å². The maximum Gasteiger partial charge on any atom is 0.306 e. The molecule has 0 aliphatic heterocycles. The van der Waals surface area contributed by atoms with Gasteiger partial charge in [-0.25, -0.2) is 0 Å². The van der Waals surface area contributed by atoms with Gasteiger partial charge in [0.1, 0.15) is 6.10 Å². The Kier molecular flexibility index (Phi) is 16.4. The highest BCUT2D eigenvalue weighted by molar-refractivity contribution is 5.75. The fourth-order valence-electron chi connectivity index (χ4n) is 5.07. The van der Waals surface area contributed by atoms with Gasteiger partial charge in [-0.15, -0.1) is 10.1 Å². The summed E-state index contributed by atoms with van der Waals surface area (Å²) in [5.74, 6) is -0.766. The van der Waals surface area contributed by atoms with Gasteiger partial charge in [-0.05, 0) is 63.4 Å². The van der Waals surface area contributed by atoms with E-state index in [2.05, 4.69) is 10.2 Å². The molecule has 1 amide bonds. The summed E-state index contributed by atoms with van der Waals surface area (Å²) in [6.45, 7) is 2.51. The summed E-state index contributed by atoms with van der Waals surface area (Å²) >= 11 is 0. The lowest BCUT2D eigenvalue weighted by Gasteiger charge is -2.22. The molecule has 0 aromatic heterocycles. The fourth-order valence-corrected chi connectivity index (χ4v) is 5.07. The van der Waals surface area contributed by atoms with E-state index in [9.17, 15) is 29.9 Å². The number of nitrogens with zero attached hydrogens (tertiary/aromatic N) is 1. The summed E-state index contributed by atoms with van der Waals surface area (Å²) in [6.07, 6.45) is 11.7. The first kappa shape index (κ1) is 34.0. The van der Waals surface area contributed by atoms with Crippen molar-refractivity contribution in [2.45, 2.75) is 95.9 Å². The molecule has 41 heavy (non-hydrogen) atoms. The van der Waals surface area contributed by atoms with E-state index in [4.69, 9.17) is 4.74 Å². The van der Waals surface area contributed by atoms with E-state index in [0.717, 1.165) is 24.8 Å². The largest absolute Gasteiger partial charge is 0.462 e. The second-order valence-corrected chi connectivity index (χ2v) is 10.5. The predicted octanol–water partition coefficient (Wildman–Crippen LogP) is 4.47. The Labute approximate surface area is 242 Å². The molecule has 1 aromatic carbocycles. The van der Waals surface area contributed by atoms with Gasteiger partial charge in [-0.1, -0.05) is 61.1 Å². The molecule has 1 saturated carbocycles. The second-order valence-electron chi connectivity index (χ2n) is 10.5. The molecule has 0 bridgehead atoms. The Bertz CT molecular complexity index is 968. The Morgan fingerprint density at radius 2 is 1.93 bits per heavy atom. The number of aliphatic hydroxyl groups excluding tert-OH is 2. The van der Waals surface area contributed by atoms with Crippen LogP contribution in [0, 0.1) is 22.0 Å². The molecule has 228 valence electrons. The number of hydrogen-bond acceptors (Lipinski definition) is 8. The number of carbonyl (C=O) groups excluding carboxylic acids is 2. The average Bonchev–Trinajstić information content (AvgIpc) is 3.23. The monoisotopic (exact) mass is 574 g/mol. The topological polar surface area (TPSA) is 148 Å². The minimum absolute atomic E-state index is 0.00251. The van der Waals surface area contributed by atoms with Gasteiger partial charge in [-0.2, -0.15) is 0 Å². The van der Waals surface area contributed by atoms with E-state index >= 15 is 0 Å². The molecule has 10 heteroatoms. The highest BCUT2D eigenvalue weighted by Gasteiger charge is 2.42. The van der Waals surface area contributed by atoms with Crippen LogP contribution in [0.2, 0.25) is 0 Å². The number of esters is 1. The van der Waals surface area contributed by atoms with E-state index in [1.165, 1.54) is 0 Å². The highest BCUT2D eigenvalue weighted by atomic mass is 16.9. The number of ether oxygens (including phenoxy) is 1. The summed E-state index contributed by atoms with van der Waals surface area (Å²) in [5.41, 5.74) is 1.14. The Morgan fingerprint density at radius 3 is 2.66 bits per heavy atom. The SMILES string of the molecule is CCNC(=O)CCC/C=C\CC1C(O)CC(OC(=O)CCCCCO[N+](=O)[O-])C1/C=C/C(O)CCc1ccccc1. The van der Waals surface area contributed by atoms with Crippen LogP contribution in [0.4, 0.5) is 0 Å². The van der Waals surface area contributed by atoms with Gasteiger partial charge in [0.2, 0.25) is 5.91 Å². The lowest BCUT2D eigenvalue weighted by atomic mass is 9.89. The van der Waals surface area contributed by atoms with Crippen molar-refractivity contribution in [1.29, 1.82) is 0 Å². The zero-order valence-corrected chi connectivity index (χ0v) is 24.1. The van der Waals surface area contributed by atoms with E-state index in [1.807, 2.05) is 55.5 Å². The van der Waals surface area contributed by atoms with E-state index in [1.54, 1.807) is 6.08 Å². The summed E-state index contributed by atoms with van der Waals surface area (Å²) in [7, 11) is 0.